The van der Waals surface area contributed by atoms with E-state index in [1.807, 2.05) is 6.92 Å². The number of rotatable bonds is 5. The van der Waals surface area contributed by atoms with Crippen molar-refractivity contribution >= 4 is 5.91 Å². The van der Waals surface area contributed by atoms with E-state index >= 15 is 0 Å². The van der Waals surface area contributed by atoms with Gasteiger partial charge < -0.3 is 20.1 Å². The highest BCUT2D eigenvalue weighted by atomic mass is 16.5. The molecule has 2 aliphatic heterocycles. The molecule has 0 bridgehead atoms. The molecule has 2 heterocycles. The van der Waals surface area contributed by atoms with Crippen molar-refractivity contribution in [2.75, 3.05) is 26.4 Å². The molecule has 0 radical (unpaired) electrons. The third-order valence-electron chi connectivity index (χ3n) is 3.24. The lowest BCUT2D eigenvalue weighted by atomic mass is 10.2. The van der Waals surface area contributed by atoms with Crippen LogP contribution in [0.1, 0.15) is 26.2 Å². The summed E-state index contributed by atoms with van der Waals surface area (Å²) in [4.78, 5) is 11.8. The Hall–Kier alpha value is -0.650. The van der Waals surface area contributed by atoms with Crippen LogP contribution in [0.25, 0.3) is 0 Å². The third-order valence-corrected chi connectivity index (χ3v) is 3.24. The van der Waals surface area contributed by atoms with Gasteiger partial charge in [-0.2, -0.15) is 0 Å². The van der Waals surface area contributed by atoms with Gasteiger partial charge in [0.15, 0.2) is 0 Å². The van der Waals surface area contributed by atoms with E-state index in [1.165, 1.54) is 0 Å². The number of hydrogen-bond donors (Lipinski definition) is 2. The minimum Gasteiger partial charge on any atom is -0.379 e. The molecule has 5 heteroatoms. The zero-order valence-corrected chi connectivity index (χ0v) is 10.4. The number of nitrogens with one attached hydrogen (secondary N) is 2. The van der Waals surface area contributed by atoms with Crippen molar-refractivity contribution in [3.05, 3.63) is 0 Å². The zero-order valence-electron chi connectivity index (χ0n) is 10.4. The summed E-state index contributed by atoms with van der Waals surface area (Å²) in [6, 6.07) is 0.0535. The molecule has 2 N–H and O–H groups in total. The molecular weight excluding hydrogens is 220 g/mol. The van der Waals surface area contributed by atoms with E-state index in [0.29, 0.717) is 13.2 Å². The Balaban J connectivity index is 1.62. The lowest BCUT2D eigenvalue weighted by molar-refractivity contribution is -0.124. The Kier molecular flexibility index (Phi) is 4.76. The van der Waals surface area contributed by atoms with Crippen LogP contribution in [0.2, 0.25) is 0 Å². The van der Waals surface area contributed by atoms with Crippen LogP contribution in [0, 0.1) is 0 Å². The number of amides is 1. The molecule has 98 valence electrons. The molecule has 3 unspecified atom stereocenters. The summed E-state index contributed by atoms with van der Waals surface area (Å²) in [5, 5.41) is 6.16. The Morgan fingerprint density at radius 1 is 1.59 bits per heavy atom. The van der Waals surface area contributed by atoms with Crippen molar-refractivity contribution in [1.29, 1.82) is 0 Å². The number of hydrogen-bond acceptors (Lipinski definition) is 4. The summed E-state index contributed by atoms with van der Waals surface area (Å²) in [7, 11) is 0. The van der Waals surface area contributed by atoms with E-state index in [-0.39, 0.29) is 24.1 Å². The van der Waals surface area contributed by atoms with E-state index in [1.54, 1.807) is 0 Å². The van der Waals surface area contributed by atoms with Gasteiger partial charge in [0.05, 0.1) is 25.4 Å². The van der Waals surface area contributed by atoms with Crippen LogP contribution in [0.15, 0.2) is 0 Å². The average Bonchev–Trinajstić information content (AvgIpc) is 2.99. The number of carbonyl (C=O) groups excluding carboxylic acids is 1. The summed E-state index contributed by atoms with van der Waals surface area (Å²) in [6.45, 7) is 4.96. The molecule has 5 nitrogen and oxygen atoms in total. The highest BCUT2D eigenvalue weighted by molar-refractivity contribution is 5.82. The van der Waals surface area contributed by atoms with E-state index in [9.17, 15) is 4.79 Å². The lowest BCUT2D eigenvalue weighted by Gasteiger charge is -2.19. The summed E-state index contributed by atoms with van der Waals surface area (Å²) >= 11 is 0. The van der Waals surface area contributed by atoms with Crippen LogP contribution < -0.4 is 10.6 Å². The van der Waals surface area contributed by atoms with E-state index < -0.39 is 0 Å². The second-order valence-electron chi connectivity index (χ2n) is 4.88. The summed E-state index contributed by atoms with van der Waals surface area (Å²) in [5.74, 6) is 0.0984. The first kappa shape index (κ1) is 12.8. The van der Waals surface area contributed by atoms with Gasteiger partial charge in [-0.25, -0.2) is 0 Å². The molecule has 2 fully saturated rings. The number of carbonyl (C=O) groups is 1. The molecule has 1 amide bonds. The Morgan fingerprint density at radius 3 is 3.12 bits per heavy atom. The molecule has 17 heavy (non-hydrogen) atoms. The first-order valence-electron chi connectivity index (χ1n) is 6.49. The van der Waals surface area contributed by atoms with Crippen molar-refractivity contribution in [2.45, 2.75) is 44.4 Å². The van der Waals surface area contributed by atoms with Crippen LogP contribution in [0.5, 0.6) is 0 Å². The van der Waals surface area contributed by atoms with Gasteiger partial charge in [0.25, 0.3) is 0 Å². The van der Waals surface area contributed by atoms with Gasteiger partial charge in [-0.3, -0.25) is 4.79 Å². The van der Waals surface area contributed by atoms with Gasteiger partial charge in [-0.15, -0.1) is 0 Å². The molecule has 0 saturated carbocycles. The van der Waals surface area contributed by atoms with Crippen LogP contribution in [-0.2, 0) is 14.3 Å². The Morgan fingerprint density at radius 2 is 2.47 bits per heavy atom. The number of ether oxygens (including phenoxy) is 2. The highest BCUT2D eigenvalue weighted by Crippen LogP contribution is 2.09. The summed E-state index contributed by atoms with van der Waals surface area (Å²) < 4.78 is 10.9. The molecule has 0 aromatic heterocycles. The first-order chi connectivity index (χ1) is 8.25. The topological polar surface area (TPSA) is 59.6 Å². The van der Waals surface area contributed by atoms with Gasteiger partial charge in [-0.1, -0.05) is 0 Å². The molecule has 0 aromatic carbocycles. The third kappa shape index (κ3) is 3.94. The van der Waals surface area contributed by atoms with E-state index in [0.717, 1.165) is 32.4 Å². The average molecular weight is 242 g/mol. The largest absolute Gasteiger partial charge is 0.379 e. The maximum Gasteiger partial charge on any atom is 0.237 e. The molecule has 0 aliphatic carbocycles. The normalized spacial score (nSPS) is 30.4. The van der Waals surface area contributed by atoms with Crippen molar-refractivity contribution in [3.63, 3.8) is 0 Å². The second kappa shape index (κ2) is 6.33. The van der Waals surface area contributed by atoms with Gasteiger partial charge in [-0.05, 0) is 32.7 Å². The Bertz CT molecular complexity index is 248. The molecule has 0 spiro atoms. The van der Waals surface area contributed by atoms with E-state index in [4.69, 9.17) is 9.47 Å². The summed E-state index contributed by atoms with van der Waals surface area (Å²) in [5.41, 5.74) is 0. The maximum atomic E-state index is 11.8. The van der Waals surface area contributed by atoms with Crippen molar-refractivity contribution in [2.24, 2.45) is 0 Å². The Labute approximate surface area is 102 Å². The fourth-order valence-corrected chi connectivity index (χ4v) is 2.22. The quantitative estimate of drug-likeness (QED) is 0.715. The zero-order chi connectivity index (χ0) is 12.1. The highest BCUT2D eigenvalue weighted by Gasteiger charge is 2.23. The van der Waals surface area contributed by atoms with Gasteiger partial charge in [0, 0.05) is 12.6 Å². The van der Waals surface area contributed by atoms with Crippen molar-refractivity contribution in [3.8, 4) is 0 Å². The van der Waals surface area contributed by atoms with Crippen LogP contribution >= 0.6 is 0 Å². The van der Waals surface area contributed by atoms with Crippen molar-refractivity contribution in [1.82, 2.24) is 10.6 Å². The predicted molar refractivity (Wildman–Crippen MR) is 63.8 cm³/mol. The molecule has 0 aromatic rings. The van der Waals surface area contributed by atoms with Crippen molar-refractivity contribution < 1.29 is 14.3 Å². The van der Waals surface area contributed by atoms with E-state index in [2.05, 4.69) is 10.6 Å². The fraction of sp³-hybridized carbons (Fsp3) is 0.917. The van der Waals surface area contributed by atoms with Crippen LogP contribution in [0.3, 0.4) is 0 Å². The van der Waals surface area contributed by atoms with Gasteiger partial charge >= 0.3 is 0 Å². The molecule has 2 aliphatic rings. The standard InChI is InChI=1S/C12H22N2O3/c1-9(7-17-10-4-6-16-8-10)14-12(15)11-3-2-5-13-11/h9-11,13H,2-8H2,1H3,(H,14,15). The lowest BCUT2D eigenvalue weighted by Crippen LogP contribution is -2.46. The molecular formula is C12H22N2O3. The second-order valence-corrected chi connectivity index (χ2v) is 4.88. The fourth-order valence-electron chi connectivity index (χ4n) is 2.22. The van der Waals surface area contributed by atoms with Crippen LogP contribution in [0.4, 0.5) is 0 Å². The monoisotopic (exact) mass is 242 g/mol. The predicted octanol–water partition coefficient (Wildman–Crippen LogP) is 0.0486. The SMILES string of the molecule is CC(COC1CCOC1)NC(=O)C1CCCN1. The first-order valence-corrected chi connectivity index (χ1v) is 6.49. The minimum absolute atomic E-state index is 0.00716. The minimum atomic E-state index is -0.00716. The van der Waals surface area contributed by atoms with Gasteiger partial charge in [0.2, 0.25) is 5.91 Å². The molecule has 3 atom stereocenters. The smallest absolute Gasteiger partial charge is 0.237 e. The van der Waals surface area contributed by atoms with Crippen LogP contribution in [-0.4, -0.2) is 50.5 Å². The van der Waals surface area contributed by atoms with Gasteiger partial charge in [0.1, 0.15) is 0 Å². The molecule has 2 saturated heterocycles. The summed E-state index contributed by atoms with van der Waals surface area (Å²) in [6.07, 6.45) is 3.20. The molecule has 2 rings (SSSR count). The maximum absolute atomic E-state index is 11.8.